The molecule has 1 aliphatic heterocycles. The van der Waals surface area contributed by atoms with E-state index >= 15 is 0 Å². The van der Waals surface area contributed by atoms with E-state index in [-0.39, 0.29) is 6.03 Å². The number of urea groups is 1. The number of hydrogen-bond acceptors (Lipinski definition) is 3. The largest absolute Gasteiger partial charge is 0.368 e. The third-order valence-electron chi connectivity index (χ3n) is 4.67. The number of amides is 2. The minimum Gasteiger partial charge on any atom is -0.368 e. The highest BCUT2D eigenvalue weighted by Crippen LogP contribution is 2.17. The number of rotatable bonds is 5. The zero-order valence-electron chi connectivity index (χ0n) is 14.9. The van der Waals surface area contributed by atoms with Crippen LogP contribution in [-0.2, 0) is 6.42 Å². The van der Waals surface area contributed by atoms with Gasteiger partial charge in [0.2, 0.25) is 0 Å². The summed E-state index contributed by atoms with van der Waals surface area (Å²) in [4.78, 5) is 16.4. The van der Waals surface area contributed by atoms with Crippen LogP contribution in [0.3, 0.4) is 0 Å². The van der Waals surface area contributed by atoms with E-state index in [1.165, 1.54) is 5.56 Å². The Labute approximate surface area is 154 Å². The third-order valence-corrected chi connectivity index (χ3v) is 4.67. The molecule has 2 amide bonds. The molecule has 1 heterocycles. The number of nitrogens with one attached hydrogen (secondary N) is 1. The summed E-state index contributed by atoms with van der Waals surface area (Å²) in [5.41, 5.74) is 3.02. The highest BCUT2D eigenvalue weighted by molar-refractivity contribution is 5.74. The molecule has 0 atom stereocenters. The average molecular weight is 348 g/mol. The van der Waals surface area contributed by atoms with Gasteiger partial charge in [-0.15, -0.1) is 0 Å². The van der Waals surface area contributed by atoms with Crippen LogP contribution in [0.1, 0.15) is 17.5 Å². The number of benzene rings is 2. The van der Waals surface area contributed by atoms with Crippen LogP contribution in [0.2, 0.25) is 0 Å². The van der Waals surface area contributed by atoms with Crippen molar-refractivity contribution in [1.82, 2.24) is 10.2 Å². The zero-order chi connectivity index (χ0) is 18.2. The van der Waals surface area contributed by atoms with E-state index in [1.54, 1.807) is 0 Å². The fourth-order valence-electron chi connectivity index (χ4n) is 3.18. The SMILES string of the molecule is N#Cc1cccc(N2CCN(C(=O)NCCCc3ccccc3)CC2)c1. The molecule has 5 heteroatoms. The first-order valence-corrected chi connectivity index (χ1v) is 9.08. The van der Waals surface area contributed by atoms with Crippen LogP contribution in [0.4, 0.5) is 10.5 Å². The number of aryl methyl sites for hydroxylation is 1. The summed E-state index contributed by atoms with van der Waals surface area (Å²) in [7, 11) is 0. The maximum absolute atomic E-state index is 12.3. The van der Waals surface area contributed by atoms with Crippen molar-refractivity contribution in [3.63, 3.8) is 0 Å². The minimum absolute atomic E-state index is 0.0171. The van der Waals surface area contributed by atoms with Gasteiger partial charge in [0.25, 0.3) is 0 Å². The summed E-state index contributed by atoms with van der Waals surface area (Å²) >= 11 is 0. The molecule has 0 bridgehead atoms. The number of anilines is 1. The van der Waals surface area contributed by atoms with Crippen LogP contribution >= 0.6 is 0 Å². The van der Waals surface area contributed by atoms with Gasteiger partial charge in [-0.05, 0) is 36.6 Å². The van der Waals surface area contributed by atoms with Gasteiger partial charge in [-0.25, -0.2) is 4.79 Å². The van der Waals surface area contributed by atoms with Gasteiger partial charge in [-0.2, -0.15) is 5.26 Å². The van der Waals surface area contributed by atoms with Gasteiger partial charge in [0.05, 0.1) is 11.6 Å². The Hall–Kier alpha value is -3.00. The Balaban J connectivity index is 1.40. The first kappa shape index (κ1) is 17.8. The zero-order valence-corrected chi connectivity index (χ0v) is 14.9. The maximum atomic E-state index is 12.3. The Morgan fingerprint density at radius 2 is 1.81 bits per heavy atom. The fourth-order valence-corrected chi connectivity index (χ4v) is 3.18. The van der Waals surface area contributed by atoms with Crippen LogP contribution < -0.4 is 10.2 Å². The van der Waals surface area contributed by atoms with E-state index in [9.17, 15) is 4.79 Å². The number of carbonyl (C=O) groups excluding carboxylic acids is 1. The summed E-state index contributed by atoms with van der Waals surface area (Å²) < 4.78 is 0. The summed E-state index contributed by atoms with van der Waals surface area (Å²) in [6, 6.07) is 20.1. The molecule has 2 aromatic carbocycles. The Morgan fingerprint density at radius 3 is 2.54 bits per heavy atom. The van der Waals surface area contributed by atoms with Crippen LogP contribution in [0.15, 0.2) is 54.6 Å². The fraction of sp³-hybridized carbons (Fsp3) is 0.333. The van der Waals surface area contributed by atoms with Crippen LogP contribution in [0.5, 0.6) is 0 Å². The lowest BCUT2D eigenvalue weighted by molar-refractivity contribution is 0.194. The molecule has 0 saturated carbocycles. The van der Waals surface area contributed by atoms with Gasteiger partial charge in [0.1, 0.15) is 0 Å². The molecule has 26 heavy (non-hydrogen) atoms. The Bertz CT molecular complexity index is 761. The number of nitrogens with zero attached hydrogens (tertiary/aromatic N) is 3. The molecule has 1 N–H and O–H groups in total. The predicted molar refractivity (Wildman–Crippen MR) is 103 cm³/mol. The lowest BCUT2D eigenvalue weighted by Gasteiger charge is -2.36. The summed E-state index contributed by atoms with van der Waals surface area (Å²) in [6.45, 7) is 3.65. The van der Waals surface area contributed by atoms with E-state index < -0.39 is 0 Å². The molecule has 0 aliphatic carbocycles. The van der Waals surface area contributed by atoms with Crippen LogP contribution in [0.25, 0.3) is 0 Å². The van der Waals surface area contributed by atoms with E-state index in [0.29, 0.717) is 25.2 Å². The predicted octanol–water partition coefficient (Wildman–Crippen LogP) is 3.02. The molecule has 0 radical (unpaired) electrons. The standard InChI is InChI=1S/C21H24N4O/c22-17-19-8-4-10-20(16-19)24-12-14-25(15-13-24)21(26)23-11-5-9-18-6-2-1-3-7-18/h1-4,6-8,10,16H,5,9,11-15H2,(H,23,26). The second-order valence-electron chi connectivity index (χ2n) is 6.46. The van der Waals surface area contributed by atoms with E-state index in [1.807, 2.05) is 47.4 Å². The molecule has 1 saturated heterocycles. The Kier molecular flexibility index (Phi) is 6.10. The van der Waals surface area contributed by atoms with Gasteiger partial charge in [-0.1, -0.05) is 36.4 Å². The average Bonchev–Trinajstić information content (AvgIpc) is 2.72. The van der Waals surface area contributed by atoms with Crippen molar-refractivity contribution in [3.8, 4) is 6.07 Å². The summed E-state index contributed by atoms with van der Waals surface area (Å²) in [5.74, 6) is 0. The minimum atomic E-state index is 0.0171. The van der Waals surface area contributed by atoms with Crippen LogP contribution in [-0.4, -0.2) is 43.7 Å². The van der Waals surface area contributed by atoms with Crippen molar-refractivity contribution in [2.75, 3.05) is 37.6 Å². The molecule has 134 valence electrons. The molecule has 3 rings (SSSR count). The lowest BCUT2D eigenvalue weighted by atomic mass is 10.1. The van der Waals surface area contributed by atoms with Crippen LogP contribution in [0, 0.1) is 11.3 Å². The first-order chi connectivity index (χ1) is 12.8. The van der Waals surface area contributed by atoms with Crippen molar-refractivity contribution < 1.29 is 4.79 Å². The second-order valence-corrected chi connectivity index (χ2v) is 6.46. The van der Waals surface area contributed by atoms with Crippen molar-refractivity contribution >= 4 is 11.7 Å². The summed E-state index contributed by atoms with van der Waals surface area (Å²) in [6.07, 6.45) is 1.92. The molecule has 2 aromatic rings. The monoisotopic (exact) mass is 348 g/mol. The molecule has 1 aliphatic rings. The number of nitriles is 1. The molecule has 0 unspecified atom stereocenters. The van der Waals surface area contributed by atoms with Gasteiger partial charge in [0.15, 0.2) is 0 Å². The molecule has 0 spiro atoms. The lowest BCUT2D eigenvalue weighted by Crippen LogP contribution is -2.52. The summed E-state index contributed by atoms with van der Waals surface area (Å²) in [5, 5.41) is 12.0. The van der Waals surface area contributed by atoms with Gasteiger partial charge >= 0.3 is 6.03 Å². The maximum Gasteiger partial charge on any atom is 0.317 e. The van der Waals surface area contributed by atoms with Crippen molar-refractivity contribution in [3.05, 3.63) is 65.7 Å². The number of carbonyl (C=O) groups is 1. The molecule has 5 nitrogen and oxygen atoms in total. The van der Waals surface area contributed by atoms with Crippen molar-refractivity contribution in [2.24, 2.45) is 0 Å². The molecular weight excluding hydrogens is 324 g/mol. The smallest absolute Gasteiger partial charge is 0.317 e. The van der Waals surface area contributed by atoms with Crippen molar-refractivity contribution in [1.29, 1.82) is 5.26 Å². The first-order valence-electron chi connectivity index (χ1n) is 9.08. The third kappa shape index (κ3) is 4.76. The van der Waals surface area contributed by atoms with E-state index in [4.69, 9.17) is 5.26 Å². The quantitative estimate of drug-likeness (QED) is 0.845. The topological polar surface area (TPSA) is 59.4 Å². The van der Waals surface area contributed by atoms with E-state index in [2.05, 4.69) is 28.4 Å². The molecule has 1 fully saturated rings. The number of piperazine rings is 1. The van der Waals surface area contributed by atoms with Crippen molar-refractivity contribution in [2.45, 2.75) is 12.8 Å². The Morgan fingerprint density at radius 1 is 1.04 bits per heavy atom. The van der Waals surface area contributed by atoms with Gasteiger partial charge in [0, 0.05) is 38.4 Å². The highest BCUT2D eigenvalue weighted by atomic mass is 16.2. The normalized spacial score (nSPS) is 14.0. The van der Waals surface area contributed by atoms with E-state index in [0.717, 1.165) is 31.6 Å². The molecular formula is C21H24N4O. The highest BCUT2D eigenvalue weighted by Gasteiger charge is 2.21. The van der Waals surface area contributed by atoms with Gasteiger partial charge < -0.3 is 15.1 Å². The van der Waals surface area contributed by atoms with Gasteiger partial charge in [-0.3, -0.25) is 0 Å². The second kappa shape index (κ2) is 8.91. The number of hydrogen-bond donors (Lipinski definition) is 1. The molecule has 0 aromatic heterocycles.